The second kappa shape index (κ2) is 8.03. The van der Waals surface area contributed by atoms with Crippen LogP contribution in [0.2, 0.25) is 0 Å². The first-order chi connectivity index (χ1) is 10.2. The third kappa shape index (κ3) is 4.74. The number of ether oxygens (including phenoxy) is 1. The van der Waals surface area contributed by atoms with E-state index in [4.69, 9.17) is 10.5 Å². The van der Waals surface area contributed by atoms with E-state index in [1.165, 1.54) is 32.1 Å². The molecule has 21 heavy (non-hydrogen) atoms. The average Bonchev–Trinajstić information content (AvgIpc) is 2.54. The second-order valence-corrected chi connectivity index (χ2v) is 5.83. The van der Waals surface area contributed by atoms with Crippen molar-refractivity contribution in [1.29, 1.82) is 0 Å². The normalized spacial score (nSPS) is 17.2. The lowest BCUT2D eigenvalue weighted by atomic mass is 9.84. The van der Waals surface area contributed by atoms with Gasteiger partial charge < -0.3 is 15.8 Å². The highest BCUT2D eigenvalue weighted by Crippen LogP contribution is 2.26. The maximum Gasteiger partial charge on any atom is 0.224 e. The Kier molecular flexibility index (Phi) is 6.05. The van der Waals surface area contributed by atoms with Crippen LogP contribution in [0.4, 0.5) is 0 Å². The zero-order valence-corrected chi connectivity index (χ0v) is 12.8. The minimum absolute atomic E-state index is 0.0567. The lowest BCUT2D eigenvalue weighted by Crippen LogP contribution is -2.46. The van der Waals surface area contributed by atoms with Crippen LogP contribution in [0.25, 0.3) is 0 Å². The van der Waals surface area contributed by atoms with Gasteiger partial charge in [0.15, 0.2) is 0 Å². The minimum Gasteiger partial charge on any atom is -0.497 e. The molecule has 2 rings (SSSR count). The molecule has 4 heteroatoms. The summed E-state index contributed by atoms with van der Waals surface area (Å²) in [5.41, 5.74) is 6.85. The summed E-state index contributed by atoms with van der Waals surface area (Å²) in [6.45, 7) is 0.527. The molecule has 1 fully saturated rings. The van der Waals surface area contributed by atoms with Crippen molar-refractivity contribution in [3.05, 3.63) is 29.8 Å². The SMILES string of the molecule is COc1ccc(CC(=O)NC(CN)C2CCCCC2)cc1. The van der Waals surface area contributed by atoms with E-state index in [1.54, 1.807) is 7.11 Å². The molecule has 0 aromatic heterocycles. The molecule has 1 aromatic carbocycles. The molecule has 0 bridgehead atoms. The van der Waals surface area contributed by atoms with Crippen LogP contribution in [0, 0.1) is 5.92 Å². The Morgan fingerprint density at radius 2 is 1.95 bits per heavy atom. The summed E-state index contributed by atoms with van der Waals surface area (Å²) in [5, 5.41) is 3.12. The number of nitrogens with one attached hydrogen (secondary N) is 1. The Labute approximate surface area is 127 Å². The minimum atomic E-state index is 0.0567. The van der Waals surface area contributed by atoms with Crippen molar-refractivity contribution >= 4 is 5.91 Å². The Balaban J connectivity index is 1.86. The topological polar surface area (TPSA) is 64.3 Å². The van der Waals surface area contributed by atoms with Crippen LogP contribution in [0.5, 0.6) is 5.75 Å². The average molecular weight is 290 g/mol. The molecule has 1 aliphatic rings. The van der Waals surface area contributed by atoms with Crippen LogP contribution >= 0.6 is 0 Å². The highest BCUT2D eigenvalue weighted by molar-refractivity contribution is 5.79. The molecule has 0 saturated heterocycles. The van der Waals surface area contributed by atoms with Gasteiger partial charge in [-0.3, -0.25) is 4.79 Å². The van der Waals surface area contributed by atoms with Gasteiger partial charge in [-0.1, -0.05) is 31.4 Å². The van der Waals surface area contributed by atoms with Gasteiger partial charge in [-0.15, -0.1) is 0 Å². The zero-order valence-electron chi connectivity index (χ0n) is 12.8. The summed E-state index contributed by atoms with van der Waals surface area (Å²) in [7, 11) is 1.64. The molecule has 1 aromatic rings. The summed E-state index contributed by atoms with van der Waals surface area (Å²) >= 11 is 0. The van der Waals surface area contributed by atoms with E-state index in [0.29, 0.717) is 18.9 Å². The predicted molar refractivity (Wildman–Crippen MR) is 84.3 cm³/mol. The second-order valence-electron chi connectivity index (χ2n) is 5.83. The van der Waals surface area contributed by atoms with Crippen molar-refractivity contribution in [2.24, 2.45) is 11.7 Å². The molecular formula is C17H26N2O2. The van der Waals surface area contributed by atoms with Gasteiger partial charge in [0.2, 0.25) is 5.91 Å². The Hall–Kier alpha value is -1.55. The number of carbonyl (C=O) groups is 1. The molecule has 1 unspecified atom stereocenters. The van der Waals surface area contributed by atoms with E-state index in [9.17, 15) is 4.79 Å². The van der Waals surface area contributed by atoms with Crippen molar-refractivity contribution in [3.63, 3.8) is 0 Å². The van der Waals surface area contributed by atoms with E-state index >= 15 is 0 Å². The fourth-order valence-electron chi connectivity index (χ4n) is 3.09. The van der Waals surface area contributed by atoms with Crippen molar-refractivity contribution in [3.8, 4) is 5.75 Å². The quantitative estimate of drug-likeness (QED) is 0.844. The molecule has 0 aliphatic heterocycles. The van der Waals surface area contributed by atoms with Crippen LogP contribution < -0.4 is 15.8 Å². The number of carbonyl (C=O) groups excluding carboxylic acids is 1. The van der Waals surface area contributed by atoms with Gasteiger partial charge in [-0.25, -0.2) is 0 Å². The molecular weight excluding hydrogens is 264 g/mol. The first kappa shape index (κ1) is 15.8. The van der Waals surface area contributed by atoms with Crippen LogP contribution in [0.15, 0.2) is 24.3 Å². The van der Waals surface area contributed by atoms with Gasteiger partial charge in [0.05, 0.1) is 13.5 Å². The summed E-state index contributed by atoms with van der Waals surface area (Å²) < 4.78 is 5.12. The maximum atomic E-state index is 12.2. The van der Waals surface area contributed by atoms with Crippen LogP contribution in [0.1, 0.15) is 37.7 Å². The number of rotatable bonds is 6. The van der Waals surface area contributed by atoms with Crippen LogP contribution in [-0.4, -0.2) is 25.6 Å². The molecule has 0 radical (unpaired) electrons. The van der Waals surface area contributed by atoms with Crippen molar-refractivity contribution in [1.82, 2.24) is 5.32 Å². The Morgan fingerprint density at radius 3 is 2.52 bits per heavy atom. The standard InChI is InChI=1S/C17H26N2O2/c1-21-15-9-7-13(8-10-15)11-17(20)19-16(12-18)14-5-3-2-4-6-14/h7-10,14,16H,2-6,11-12,18H2,1H3,(H,19,20). The Bertz CT molecular complexity index is 439. The third-order valence-electron chi connectivity index (χ3n) is 4.34. The van der Waals surface area contributed by atoms with E-state index in [0.717, 1.165) is 11.3 Å². The van der Waals surface area contributed by atoms with E-state index in [1.807, 2.05) is 24.3 Å². The van der Waals surface area contributed by atoms with Crippen molar-refractivity contribution < 1.29 is 9.53 Å². The summed E-state index contributed by atoms with van der Waals surface area (Å²) in [6, 6.07) is 7.73. The van der Waals surface area contributed by atoms with Crippen molar-refractivity contribution in [2.75, 3.05) is 13.7 Å². The van der Waals surface area contributed by atoms with Crippen LogP contribution in [-0.2, 0) is 11.2 Å². The number of hydrogen-bond donors (Lipinski definition) is 2. The summed E-state index contributed by atoms with van der Waals surface area (Å²) in [6.07, 6.45) is 6.60. The highest BCUT2D eigenvalue weighted by atomic mass is 16.5. The van der Waals surface area contributed by atoms with Gasteiger partial charge in [-0.05, 0) is 36.5 Å². The third-order valence-corrected chi connectivity index (χ3v) is 4.34. The molecule has 116 valence electrons. The maximum absolute atomic E-state index is 12.2. The van der Waals surface area contributed by atoms with Gasteiger partial charge in [0.25, 0.3) is 0 Å². The lowest BCUT2D eigenvalue weighted by Gasteiger charge is -2.30. The molecule has 0 spiro atoms. The molecule has 1 amide bonds. The lowest BCUT2D eigenvalue weighted by molar-refractivity contribution is -0.121. The largest absolute Gasteiger partial charge is 0.497 e. The number of nitrogens with two attached hydrogens (primary N) is 1. The molecule has 1 saturated carbocycles. The van der Waals surface area contributed by atoms with E-state index in [-0.39, 0.29) is 11.9 Å². The number of amides is 1. The smallest absolute Gasteiger partial charge is 0.224 e. The molecule has 3 N–H and O–H groups in total. The van der Waals surface area contributed by atoms with Gasteiger partial charge in [0, 0.05) is 12.6 Å². The van der Waals surface area contributed by atoms with Gasteiger partial charge in [-0.2, -0.15) is 0 Å². The number of benzene rings is 1. The fourth-order valence-corrected chi connectivity index (χ4v) is 3.09. The number of methoxy groups -OCH3 is 1. The first-order valence-electron chi connectivity index (χ1n) is 7.85. The summed E-state index contributed by atoms with van der Waals surface area (Å²) in [5.74, 6) is 1.41. The fraction of sp³-hybridized carbons (Fsp3) is 0.588. The Morgan fingerprint density at radius 1 is 1.29 bits per heavy atom. The van der Waals surface area contributed by atoms with E-state index in [2.05, 4.69) is 5.32 Å². The van der Waals surface area contributed by atoms with Crippen molar-refractivity contribution in [2.45, 2.75) is 44.6 Å². The zero-order chi connectivity index (χ0) is 15.1. The molecule has 0 heterocycles. The highest BCUT2D eigenvalue weighted by Gasteiger charge is 2.23. The first-order valence-corrected chi connectivity index (χ1v) is 7.85. The predicted octanol–water partition coefficient (Wildman–Crippen LogP) is 2.26. The molecule has 4 nitrogen and oxygen atoms in total. The van der Waals surface area contributed by atoms with E-state index < -0.39 is 0 Å². The monoisotopic (exact) mass is 290 g/mol. The van der Waals surface area contributed by atoms with Crippen LogP contribution in [0.3, 0.4) is 0 Å². The van der Waals surface area contributed by atoms with Gasteiger partial charge >= 0.3 is 0 Å². The molecule has 1 aliphatic carbocycles. The van der Waals surface area contributed by atoms with Gasteiger partial charge in [0.1, 0.15) is 5.75 Å². The summed E-state index contributed by atoms with van der Waals surface area (Å²) in [4.78, 5) is 12.2. The molecule has 1 atom stereocenters. The number of hydrogen-bond acceptors (Lipinski definition) is 3.